The van der Waals surface area contributed by atoms with Crippen LogP contribution in [0.25, 0.3) is 0 Å². The molecule has 0 aromatic rings. The Hall–Kier alpha value is -0.0800. The van der Waals surface area contributed by atoms with Crippen LogP contribution in [-0.4, -0.2) is 24.9 Å². The van der Waals surface area contributed by atoms with Crippen molar-refractivity contribution in [1.82, 2.24) is 0 Å². The minimum absolute atomic E-state index is 0.144. The molecule has 1 unspecified atom stereocenters. The Balaban J connectivity index is 3.35. The van der Waals surface area contributed by atoms with Crippen molar-refractivity contribution in [2.45, 2.75) is 52.6 Å². The molecule has 0 aliphatic rings. The normalized spacial score (nSPS) is 14.5. The highest BCUT2D eigenvalue weighted by atomic mass is 16.5. The van der Waals surface area contributed by atoms with E-state index in [4.69, 9.17) is 4.74 Å². The van der Waals surface area contributed by atoms with Gasteiger partial charge in [0.15, 0.2) is 0 Å². The van der Waals surface area contributed by atoms with Gasteiger partial charge in [0.2, 0.25) is 0 Å². The zero-order chi connectivity index (χ0) is 10.3. The summed E-state index contributed by atoms with van der Waals surface area (Å²) in [5.41, 5.74) is 0.336. The van der Waals surface area contributed by atoms with Crippen molar-refractivity contribution in [3.63, 3.8) is 0 Å². The molecule has 0 aliphatic heterocycles. The minimum Gasteiger partial charge on any atom is -0.393 e. The number of ether oxygens (including phenoxy) is 1. The maximum Gasteiger partial charge on any atom is 0.0541 e. The Morgan fingerprint density at radius 2 is 1.85 bits per heavy atom. The summed E-state index contributed by atoms with van der Waals surface area (Å²) in [5, 5.41) is 9.58. The third-order valence-electron chi connectivity index (χ3n) is 2.11. The largest absolute Gasteiger partial charge is 0.393 e. The molecule has 80 valence electrons. The first-order chi connectivity index (χ1) is 5.95. The molecule has 2 nitrogen and oxygen atoms in total. The Morgan fingerprint density at radius 1 is 1.23 bits per heavy atom. The highest BCUT2D eigenvalue weighted by molar-refractivity contribution is 4.65. The van der Waals surface area contributed by atoms with E-state index in [1.807, 2.05) is 0 Å². The third kappa shape index (κ3) is 9.84. The first-order valence-electron chi connectivity index (χ1n) is 5.13. The van der Waals surface area contributed by atoms with Crippen LogP contribution in [-0.2, 0) is 4.74 Å². The molecule has 2 heteroatoms. The van der Waals surface area contributed by atoms with Crippen LogP contribution in [0.1, 0.15) is 46.5 Å². The molecule has 0 amide bonds. The van der Waals surface area contributed by atoms with Gasteiger partial charge in [0.1, 0.15) is 0 Å². The van der Waals surface area contributed by atoms with Gasteiger partial charge in [-0.25, -0.2) is 0 Å². The van der Waals surface area contributed by atoms with Crippen molar-refractivity contribution in [3.8, 4) is 0 Å². The van der Waals surface area contributed by atoms with E-state index >= 15 is 0 Å². The quantitative estimate of drug-likeness (QED) is 0.649. The average Bonchev–Trinajstić information content (AvgIpc) is 2.00. The summed E-state index contributed by atoms with van der Waals surface area (Å²) in [4.78, 5) is 0. The summed E-state index contributed by atoms with van der Waals surface area (Å²) in [6.45, 7) is 7.37. The summed E-state index contributed by atoms with van der Waals surface area (Å²) in [7, 11) is 1.70. The van der Waals surface area contributed by atoms with Crippen LogP contribution >= 0.6 is 0 Å². The fourth-order valence-corrected chi connectivity index (χ4v) is 1.21. The Bertz CT molecular complexity index is 116. The van der Waals surface area contributed by atoms with E-state index in [1.165, 1.54) is 0 Å². The highest BCUT2D eigenvalue weighted by Crippen LogP contribution is 2.22. The van der Waals surface area contributed by atoms with Crippen molar-refractivity contribution in [1.29, 1.82) is 0 Å². The summed E-state index contributed by atoms with van der Waals surface area (Å²) in [6, 6.07) is 0. The van der Waals surface area contributed by atoms with E-state index in [-0.39, 0.29) is 6.10 Å². The second-order valence-corrected chi connectivity index (χ2v) is 4.89. The predicted octanol–water partition coefficient (Wildman–Crippen LogP) is 2.60. The lowest BCUT2D eigenvalue weighted by molar-refractivity contribution is 0.117. The van der Waals surface area contributed by atoms with Crippen LogP contribution < -0.4 is 0 Å². The molecule has 0 bridgehead atoms. The van der Waals surface area contributed by atoms with E-state index in [0.717, 1.165) is 32.3 Å². The van der Waals surface area contributed by atoms with Crippen LogP contribution in [0.4, 0.5) is 0 Å². The molecule has 0 rings (SSSR count). The number of rotatable bonds is 6. The van der Waals surface area contributed by atoms with Crippen LogP contribution in [0, 0.1) is 5.41 Å². The maximum atomic E-state index is 9.58. The summed E-state index contributed by atoms with van der Waals surface area (Å²) in [5.74, 6) is 0. The van der Waals surface area contributed by atoms with Crippen LogP contribution in [0.5, 0.6) is 0 Å². The van der Waals surface area contributed by atoms with Crippen molar-refractivity contribution in [2.24, 2.45) is 5.41 Å². The van der Waals surface area contributed by atoms with Gasteiger partial charge in [-0.1, -0.05) is 20.8 Å². The molecular formula is C11H24O2. The van der Waals surface area contributed by atoms with E-state index in [0.29, 0.717) is 5.41 Å². The fourth-order valence-electron chi connectivity index (χ4n) is 1.21. The van der Waals surface area contributed by atoms with Crippen molar-refractivity contribution < 1.29 is 9.84 Å². The fraction of sp³-hybridized carbons (Fsp3) is 1.00. The summed E-state index contributed by atoms with van der Waals surface area (Å²) >= 11 is 0. The monoisotopic (exact) mass is 188 g/mol. The molecule has 0 saturated carbocycles. The molecule has 0 saturated heterocycles. The van der Waals surface area contributed by atoms with Gasteiger partial charge in [0.25, 0.3) is 0 Å². The van der Waals surface area contributed by atoms with Crippen LogP contribution in [0.2, 0.25) is 0 Å². The maximum absolute atomic E-state index is 9.58. The first-order valence-corrected chi connectivity index (χ1v) is 5.13. The number of hydrogen-bond acceptors (Lipinski definition) is 2. The molecule has 0 aromatic carbocycles. The lowest BCUT2D eigenvalue weighted by Crippen LogP contribution is -2.13. The van der Waals surface area contributed by atoms with Gasteiger partial charge in [-0.3, -0.25) is 0 Å². The zero-order valence-electron chi connectivity index (χ0n) is 9.47. The SMILES string of the molecule is COCCCC(O)CCC(C)(C)C. The Kier molecular flexibility index (Phi) is 6.35. The average molecular weight is 188 g/mol. The molecule has 13 heavy (non-hydrogen) atoms. The highest BCUT2D eigenvalue weighted by Gasteiger charge is 2.12. The van der Waals surface area contributed by atoms with Gasteiger partial charge >= 0.3 is 0 Å². The standard InChI is InChI=1S/C11H24O2/c1-11(2,3)8-7-10(12)6-5-9-13-4/h10,12H,5-9H2,1-4H3. The van der Waals surface area contributed by atoms with Gasteiger partial charge < -0.3 is 9.84 Å². The van der Waals surface area contributed by atoms with Gasteiger partial charge in [0, 0.05) is 13.7 Å². The second-order valence-electron chi connectivity index (χ2n) is 4.89. The summed E-state index contributed by atoms with van der Waals surface area (Å²) < 4.78 is 4.93. The van der Waals surface area contributed by atoms with E-state index < -0.39 is 0 Å². The van der Waals surface area contributed by atoms with Gasteiger partial charge in [-0.15, -0.1) is 0 Å². The number of methoxy groups -OCH3 is 1. The molecule has 0 spiro atoms. The number of hydrogen-bond donors (Lipinski definition) is 1. The smallest absolute Gasteiger partial charge is 0.0541 e. The van der Waals surface area contributed by atoms with Crippen molar-refractivity contribution in [2.75, 3.05) is 13.7 Å². The van der Waals surface area contributed by atoms with E-state index in [1.54, 1.807) is 7.11 Å². The topological polar surface area (TPSA) is 29.5 Å². The van der Waals surface area contributed by atoms with Crippen molar-refractivity contribution >= 4 is 0 Å². The molecule has 0 aromatic heterocycles. The minimum atomic E-state index is -0.144. The third-order valence-corrected chi connectivity index (χ3v) is 2.11. The Morgan fingerprint density at radius 3 is 2.31 bits per heavy atom. The molecule has 0 aliphatic carbocycles. The molecule has 1 atom stereocenters. The predicted molar refractivity (Wildman–Crippen MR) is 55.8 cm³/mol. The summed E-state index contributed by atoms with van der Waals surface area (Å²) in [6.07, 6.45) is 3.68. The molecule has 0 fully saturated rings. The molecule has 0 heterocycles. The van der Waals surface area contributed by atoms with Crippen LogP contribution in [0.15, 0.2) is 0 Å². The van der Waals surface area contributed by atoms with E-state index in [9.17, 15) is 5.11 Å². The molecular weight excluding hydrogens is 164 g/mol. The first kappa shape index (κ1) is 12.9. The zero-order valence-corrected chi connectivity index (χ0v) is 9.47. The molecule has 0 radical (unpaired) electrons. The second kappa shape index (κ2) is 6.39. The van der Waals surface area contributed by atoms with Gasteiger partial charge in [-0.2, -0.15) is 0 Å². The van der Waals surface area contributed by atoms with Gasteiger partial charge in [0.05, 0.1) is 6.10 Å². The molecule has 1 N–H and O–H groups in total. The van der Waals surface area contributed by atoms with E-state index in [2.05, 4.69) is 20.8 Å². The van der Waals surface area contributed by atoms with Crippen molar-refractivity contribution in [3.05, 3.63) is 0 Å². The van der Waals surface area contributed by atoms with Gasteiger partial charge in [-0.05, 0) is 31.1 Å². The lowest BCUT2D eigenvalue weighted by atomic mass is 9.88. The number of aliphatic hydroxyl groups is 1. The van der Waals surface area contributed by atoms with Crippen LogP contribution in [0.3, 0.4) is 0 Å². The Labute approximate surface area is 82.3 Å². The number of aliphatic hydroxyl groups excluding tert-OH is 1. The lowest BCUT2D eigenvalue weighted by Gasteiger charge is -2.20.